The number of para-hydroxylation sites is 2. The maximum Gasteiger partial charge on any atom is 0.137 e. The molecule has 0 saturated heterocycles. The number of hydrogen-bond acceptors (Lipinski definition) is 2. The fraction of sp³-hybridized carbons (Fsp3) is 0.184. The molecule has 0 fully saturated rings. The summed E-state index contributed by atoms with van der Waals surface area (Å²) in [6.45, 7) is 14.6. The molecule has 0 unspecified atom stereocenters. The van der Waals surface area contributed by atoms with Crippen LogP contribution < -0.4 is 4.90 Å². The van der Waals surface area contributed by atoms with Crippen molar-refractivity contribution in [2.45, 2.75) is 57.8 Å². The van der Waals surface area contributed by atoms with E-state index in [1.54, 1.807) is 0 Å². The van der Waals surface area contributed by atoms with Crippen LogP contribution in [0.25, 0.3) is 55.0 Å². The molecular formula is C49H41NO. The van der Waals surface area contributed by atoms with Gasteiger partial charge in [-0.05, 0) is 97.1 Å². The van der Waals surface area contributed by atoms with Gasteiger partial charge in [0.2, 0.25) is 0 Å². The number of nitrogens with zero attached hydrogens (tertiary/aromatic N) is 1. The lowest BCUT2D eigenvalue weighted by Crippen LogP contribution is -2.44. The van der Waals surface area contributed by atoms with Gasteiger partial charge in [0.1, 0.15) is 11.2 Å². The third-order valence-corrected chi connectivity index (χ3v) is 12.8. The average molecular weight is 660 g/mol. The molecule has 7 aromatic carbocycles. The van der Waals surface area contributed by atoms with Gasteiger partial charge in [0, 0.05) is 39.0 Å². The molecule has 0 aliphatic heterocycles. The van der Waals surface area contributed by atoms with Gasteiger partial charge in [-0.1, -0.05) is 139 Å². The Morgan fingerprint density at radius 3 is 1.88 bits per heavy atom. The van der Waals surface area contributed by atoms with Gasteiger partial charge in [0.25, 0.3) is 0 Å². The standard InChI is InChI=1S/C49H41NO/c1-47(2)40-29-41(50(30-16-8-7-9-17-30)31-24-25-34-33-19-13-15-23-42(33)51-43(34)28-31)32-18-10-11-20-35(32)44(40)37-26-27-39-45(46(37)47)36-21-12-14-22-38(36)48(3,4)49(39,5)6/h7-29H,1-6H3. The molecule has 10 rings (SSSR count). The van der Waals surface area contributed by atoms with E-state index in [0.717, 1.165) is 33.3 Å². The first-order valence-electron chi connectivity index (χ1n) is 18.2. The van der Waals surface area contributed by atoms with Crippen LogP contribution in [0.2, 0.25) is 0 Å². The van der Waals surface area contributed by atoms with Gasteiger partial charge >= 0.3 is 0 Å². The molecule has 2 nitrogen and oxygen atoms in total. The molecule has 0 atom stereocenters. The van der Waals surface area contributed by atoms with E-state index in [0.29, 0.717) is 0 Å². The molecule has 2 heteroatoms. The van der Waals surface area contributed by atoms with Crippen molar-refractivity contribution >= 4 is 49.8 Å². The van der Waals surface area contributed by atoms with E-state index < -0.39 is 0 Å². The summed E-state index contributed by atoms with van der Waals surface area (Å²) in [5.74, 6) is 0. The van der Waals surface area contributed by atoms with Crippen molar-refractivity contribution in [1.82, 2.24) is 0 Å². The molecule has 1 aromatic heterocycles. The van der Waals surface area contributed by atoms with Crippen LogP contribution in [0.1, 0.15) is 63.8 Å². The topological polar surface area (TPSA) is 16.4 Å². The highest BCUT2D eigenvalue weighted by molar-refractivity contribution is 6.12. The van der Waals surface area contributed by atoms with Crippen molar-refractivity contribution in [2.24, 2.45) is 0 Å². The van der Waals surface area contributed by atoms with E-state index in [1.807, 2.05) is 6.07 Å². The number of rotatable bonds is 3. The van der Waals surface area contributed by atoms with Gasteiger partial charge in [0.05, 0.1) is 5.69 Å². The first-order valence-corrected chi connectivity index (χ1v) is 18.2. The second kappa shape index (κ2) is 10.2. The third kappa shape index (κ3) is 3.94. The van der Waals surface area contributed by atoms with Crippen molar-refractivity contribution in [3.05, 3.63) is 162 Å². The monoisotopic (exact) mass is 659 g/mol. The van der Waals surface area contributed by atoms with Gasteiger partial charge in [-0.2, -0.15) is 0 Å². The van der Waals surface area contributed by atoms with Gasteiger partial charge in [0.15, 0.2) is 0 Å². The molecule has 0 spiro atoms. The Kier molecular flexibility index (Phi) is 6.07. The summed E-state index contributed by atoms with van der Waals surface area (Å²) in [5, 5.41) is 4.79. The molecule has 8 aromatic rings. The summed E-state index contributed by atoms with van der Waals surface area (Å²) in [6, 6.07) is 51.3. The average Bonchev–Trinajstić information content (AvgIpc) is 3.63. The van der Waals surface area contributed by atoms with Crippen molar-refractivity contribution in [1.29, 1.82) is 0 Å². The number of anilines is 3. The fourth-order valence-corrected chi connectivity index (χ4v) is 9.50. The van der Waals surface area contributed by atoms with Crippen LogP contribution >= 0.6 is 0 Å². The molecule has 2 aliphatic rings. The largest absolute Gasteiger partial charge is 0.456 e. The second-order valence-corrected chi connectivity index (χ2v) is 16.1. The molecule has 0 amide bonds. The molecule has 51 heavy (non-hydrogen) atoms. The highest BCUT2D eigenvalue weighted by Gasteiger charge is 2.49. The van der Waals surface area contributed by atoms with Gasteiger partial charge in [-0.15, -0.1) is 0 Å². The Morgan fingerprint density at radius 2 is 1.08 bits per heavy atom. The van der Waals surface area contributed by atoms with E-state index in [1.165, 1.54) is 61.0 Å². The zero-order valence-corrected chi connectivity index (χ0v) is 30.1. The number of furan rings is 1. The summed E-state index contributed by atoms with van der Waals surface area (Å²) in [4.78, 5) is 2.42. The lowest BCUT2D eigenvalue weighted by molar-refractivity contribution is 0.298. The van der Waals surface area contributed by atoms with Crippen molar-refractivity contribution in [3.63, 3.8) is 0 Å². The SMILES string of the molecule is CC1(C)c2cc(N(c3ccccc3)c3ccc4c(c3)oc3ccccc34)c3ccccc3c2-c2ccc3c(c21)-c1ccccc1C(C)(C)C3(C)C. The normalized spacial score (nSPS) is 16.1. The predicted octanol–water partition coefficient (Wildman–Crippen LogP) is 13.8. The van der Waals surface area contributed by atoms with Crippen LogP contribution in [0.5, 0.6) is 0 Å². The smallest absolute Gasteiger partial charge is 0.137 e. The van der Waals surface area contributed by atoms with Crippen LogP contribution in [0.3, 0.4) is 0 Å². The fourth-order valence-electron chi connectivity index (χ4n) is 9.50. The lowest BCUT2D eigenvalue weighted by atomic mass is 9.54. The Bertz CT molecular complexity index is 2720. The van der Waals surface area contributed by atoms with Crippen LogP contribution in [0.15, 0.2) is 144 Å². The van der Waals surface area contributed by atoms with Gasteiger partial charge in [-0.25, -0.2) is 0 Å². The molecule has 0 radical (unpaired) electrons. The maximum atomic E-state index is 6.44. The van der Waals surface area contributed by atoms with Crippen molar-refractivity contribution < 1.29 is 4.42 Å². The maximum absolute atomic E-state index is 6.44. The van der Waals surface area contributed by atoms with Crippen molar-refractivity contribution in [2.75, 3.05) is 4.90 Å². The summed E-state index contributed by atoms with van der Waals surface area (Å²) >= 11 is 0. The van der Waals surface area contributed by atoms with Gasteiger partial charge in [-0.3, -0.25) is 0 Å². The number of benzene rings is 7. The first-order chi connectivity index (χ1) is 24.6. The van der Waals surface area contributed by atoms with Crippen LogP contribution in [0.4, 0.5) is 17.1 Å². The van der Waals surface area contributed by atoms with E-state index in [9.17, 15) is 0 Å². The van der Waals surface area contributed by atoms with Crippen molar-refractivity contribution in [3.8, 4) is 22.3 Å². The Hall–Kier alpha value is -5.60. The van der Waals surface area contributed by atoms with E-state index in [-0.39, 0.29) is 16.2 Å². The molecule has 0 bridgehead atoms. The molecule has 2 aliphatic carbocycles. The highest BCUT2D eigenvalue weighted by Crippen LogP contribution is 2.62. The van der Waals surface area contributed by atoms with Crippen LogP contribution in [-0.4, -0.2) is 0 Å². The van der Waals surface area contributed by atoms with E-state index in [2.05, 4.69) is 180 Å². The van der Waals surface area contributed by atoms with E-state index in [4.69, 9.17) is 4.42 Å². The quantitative estimate of drug-likeness (QED) is 0.188. The Labute approximate surface area is 300 Å². The summed E-state index contributed by atoms with van der Waals surface area (Å²) in [5.41, 5.74) is 16.1. The molecule has 248 valence electrons. The van der Waals surface area contributed by atoms with Crippen LogP contribution in [0, 0.1) is 0 Å². The zero-order chi connectivity index (χ0) is 34.9. The third-order valence-electron chi connectivity index (χ3n) is 12.8. The molecule has 0 N–H and O–H groups in total. The molecule has 0 saturated carbocycles. The molecular weight excluding hydrogens is 619 g/mol. The summed E-state index contributed by atoms with van der Waals surface area (Å²) in [7, 11) is 0. The number of fused-ring (bicyclic) bond motifs is 12. The Morgan fingerprint density at radius 1 is 0.431 bits per heavy atom. The number of hydrogen-bond donors (Lipinski definition) is 0. The van der Waals surface area contributed by atoms with Gasteiger partial charge < -0.3 is 9.32 Å². The minimum absolute atomic E-state index is 0.0164. The predicted molar refractivity (Wildman–Crippen MR) is 215 cm³/mol. The Balaban J connectivity index is 1.26. The zero-order valence-electron chi connectivity index (χ0n) is 30.1. The van der Waals surface area contributed by atoms with E-state index >= 15 is 0 Å². The summed E-state index contributed by atoms with van der Waals surface area (Å²) < 4.78 is 6.44. The first kappa shape index (κ1) is 30.2. The lowest BCUT2D eigenvalue weighted by Gasteiger charge is -2.49. The minimum Gasteiger partial charge on any atom is -0.456 e. The minimum atomic E-state index is -0.246. The second-order valence-electron chi connectivity index (χ2n) is 16.1. The van der Waals surface area contributed by atoms with Crippen LogP contribution in [-0.2, 0) is 16.2 Å². The summed E-state index contributed by atoms with van der Waals surface area (Å²) in [6.07, 6.45) is 0. The highest BCUT2D eigenvalue weighted by atomic mass is 16.3. The molecule has 1 heterocycles.